The fraction of sp³-hybridized carbons (Fsp3) is 0.333. The van der Waals surface area contributed by atoms with Gasteiger partial charge in [0, 0.05) is 24.6 Å². The van der Waals surface area contributed by atoms with Crippen molar-refractivity contribution in [2.45, 2.75) is 19.8 Å². The second-order valence-electron chi connectivity index (χ2n) is 3.58. The lowest BCUT2D eigenvalue weighted by molar-refractivity contribution is -0.114. The molecule has 4 heteroatoms. The van der Waals surface area contributed by atoms with Crippen molar-refractivity contribution in [1.82, 2.24) is 0 Å². The fourth-order valence-electron chi connectivity index (χ4n) is 1.38. The van der Waals surface area contributed by atoms with E-state index >= 15 is 0 Å². The molecule has 0 spiro atoms. The number of ketones is 1. The molecule has 1 aromatic rings. The highest BCUT2D eigenvalue weighted by Crippen LogP contribution is 2.12. The summed E-state index contributed by atoms with van der Waals surface area (Å²) in [6, 6.07) is 6.92. The zero-order chi connectivity index (χ0) is 12.0. The van der Waals surface area contributed by atoms with Gasteiger partial charge in [-0.15, -0.1) is 0 Å². The van der Waals surface area contributed by atoms with E-state index in [4.69, 9.17) is 5.73 Å². The molecule has 0 aliphatic rings. The third-order valence-corrected chi connectivity index (χ3v) is 2.11. The number of carbonyl (C=O) groups excluding carboxylic acids is 2. The van der Waals surface area contributed by atoms with Crippen molar-refractivity contribution in [2.24, 2.45) is 5.73 Å². The van der Waals surface area contributed by atoms with Crippen LogP contribution in [0.3, 0.4) is 0 Å². The summed E-state index contributed by atoms with van der Waals surface area (Å²) in [5.74, 6) is -0.0933. The molecule has 0 aliphatic heterocycles. The van der Waals surface area contributed by atoms with Crippen molar-refractivity contribution >= 4 is 17.4 Å². The largest absolute Gasteiger partial charge is 0.330 e. The molecule has 1 amide bonds. The number of nitrogens with one attached hydrogen (secondary N) is 1. The Labute approximate surface area is 94.8 Å². The Morgan fingerprint density at radius 2 is 2.12 bits per heavy atom. The SMILES string of the molecule is CC(=O)Nc1cccc(C(=O)CCCN)c1. The van der Waals surface area contributed by atoms with Gasteiger partial charge in [-0.25, -0.2) is 0 Å². The van der Waals surface area contributed by atoms with Crippen LogP contribution >= 0.6 is 0 Å². The number of amides is 1. The predicted molar refractivity (Wildman–Crippen MR) is 63.4 cm³/mol. The summed E-state index contributed by atoms with van der Waals surface area (Å²) in [4.78, 5) is 22.5. The second kappa shape index (κ2) is 6.02. The van der Waals surface area contributed by atoms with Crippen LogP contribution in [0, 0.1) is 0 Å². The third kappa shape index (κ3) is 3.82. The van der Waals surface area contributed by atoms with Gasteiger partial charge in [0.05, 0.1) is 0 Å². The lowest BCUT2D eigenvalue weighted by Crippen LogP contribution is -2.08. The van der Waals surface area contributed by atoms with Gasteiger partial charge < -0.3 is 11.1 Å². The first-order chi connectivity index (χ1) is 7.63. The van der Waals surface area contributed by atoms with Crippen LogP contribution in [-0.2, 0) is 4.79 Å². The highest BCUT2D eigenvalue weighted by Gasteiger charge is 2.06. The normalized spacial score (nSPS) is 9.88. The first kappa shape index (κ1) is 12.4. The summed E-state index contributed by atoms with van der Waals surface area (Å²) < 4.78 is 0. The highest BCUT2D eigenvalue weighted by molar-refractivity contribution is 5.98. The van der Waals surface area contributed by atoms with Gasteiger partial charge in [0.2, 0.25) is 5.91 Å². The summed E-state index contributed by atoms with van der Waals surface area (Å²) in [5.41, 5.74) is 6.60. The summed E-state index contributed by atoms with van der Waals surface area (Å²) in [5, 5.41) is 2.64. The molecule has 0 radical (unpaired) electrons. The third-order valence-electron chi connectivity index (χ3n) is 2.11. The average Bonchev–Trinajstić information content (AvgIpc) is 2.25. The first-order valence-corrected chi connectivity index (χ1v) is 5.24. The molecular formula is C12H16N2O2. The van der Waals surface area contributed by atoms with E-state index in [1.807, 2.05) is 0 Å². The molecule has 0 unspecified atom stereocenters. The maximum absolute atomic E-state index is 11.7. The van der Waals surface area contributed by atoms with Crippen molar-refractivity contribution < 1.29 is 9.59 Å². The highest BCUT2D eigenvalue weighted by atomic mass is 16.1. The molecule has 0 atom stereocenters. The van der Waals surface area contributed by atoms with Crippen LogP contribution in [0.2, 0.25) is 0 Å². The van der Waals surface area contributed by atoms with Crippen molar-refractivity contribution in [2.75, 3.05) is 11.9 Å². The molecule has 0 heterocycles. The molecule has 86 valence electrons. The van der Waals surface area contributed by atoms with E-state index in [0.29, 0.717) is 30.6 Å². The molecule has 0 saturated carbocycles. The van der Waals surface area contributed by atoms with E-state index in [-0.39, 0.29) is 11.7 Å². The Morgan fingerprint density at radius 1 is 1.38 bits per heavy atom. The Balaban J connectivity index is 2.73. The Hall–Kier alpha value is -1.68. The zero-order valence-corrected chi connectivity index (χ0v) is 9.32. The first-order valence-electron chi connectivity index (χ1n) is 5.24. The Bertz CT molecular complexity index is 388. The van der Waals surface area contributed by atoms with Crippen molar-refractivity contribution in [1.29, 1.82) is 0 Å². The van der Waals surface area contributed by atoms with Gasteiger partial charge >= 0.3 is 0 Å². The van der Waals surface area contributed by atoms with Crippen molar-refractivity contribution in [3.05, 3.63) is 29.8 Å². The van der Waals surface area contributed by atoms with Crippen LogP contribution in [0.15, 0.2) is 24.3 Å². The molecule has 16 heavy (non-hydrogen) atoms. The van der Waals surface area contributed by atoms with Gasteiger partial charge in [0.1, 0.15) is 0 Å². The Morgan fingerprint density at radius 3 is 2.75 bits per heavy atom. The van der Waals surface area contributed by atoms with E-state index in [0.717, 1.165) is 0 Å². The van der Waals surface area contributed by atoms with E-state index in [1.54, 1.807) is 24.3 Å². The average molecular weight is 220 g/mol. The maximum atomic E-state index is 11.7. The maximum Gasteiger partial charge on any atom is 0.221 e. The van der Waals surface area contributed by atoms with Crippen molar-refractivity contribution in [3.8, 4) is 0 Å². The van der Waals surface area contributed by atoms with Crippen LogP contribution in [0.4, 0.5) is 5.69 Å². The van der Waals surface area contributed by atoms with Crippen LogP contribution in [0.1, 0.15) is 30.1 Å². The van der Waals surface area contributed by atoms with Crippen LogP contribution < -0.4 is 11.1 Å². The van der Waals surface area contributed by atoms with Crippen LogP contribution in [-0.4, -0.2) is 18.2 Å². The molecule has 0 aromatic heterocycles. The van der Waals surface area contributed by atoms with Gasteiger partial charge in [0.25, 0.3) is 0 Å². The lowest BCUT2D eigenvalue weighted by atomic mass is 10.1. The summed E-state index contributed by atoms with van der Waals surface area (Å²) in [7, 11) is 0. The minimum absolute atomic E-state index is 0.0534. The number of benzene rings is 1. The number of hydrogen-bond acceptors (Lipinski definition) is 3. The van der Waals surface area contributed by atoms with E-state index in [9.17, 15) is 9.59 Å². The number of nitrogens with two attached hydrogens (primary N) is 1. The molecule has 0 saturated heterocycles. The van der Waals surface area contributed by atoms with E-state index in [2.05, 4.69) is 5.32 Å². The van der Waals surface area contributed by atoms with Gasteiger partial charge in [-0.05, 0) is 25.1 Å². The number of hydrogen-bond donors (Lipinski definition) is 2. The zero-order valence-electron chi connectivity index (χ0n) is 9.32. The molecule has 1 aromatic carbocycles. The van der Waals surface area contributed by atoms with Gasteiger partial charge in [-0.1, -0.05) is 12.1 Å². The number of anilines is 1. The number of carbonyl (C=O) groups is 2. The fourth-order valence-corrected chi connectivity index (χ4v) is 1.38. The van der Waals surface area contributed by atoms with E-state index < -0.39 is 0 Å². The summed E-state index contributed by atoms with van der Waals surface area (Å²) in [6.45, 7) is 1.94. The molecule has 0 aliphatic carbocycles. The van der Waals surface area contributed by atoms with E-state index in [1.165, 1.54) is 6.92 Å². The standard InChI is InChI=1S/C12H16N2O2/c1-9(15)14-11-5-2-4-10(8-11)12(16)6-3-7-13/h2,4-5,8H,3,6-7,13H2,1H3,(H,14,15). The lowest BCUT2D eigenvalue weighted by Gasteiger charge is -2.04. The van der Waals surface area contributed by atoms with Gasteiger partial charge in [-0.3, -0.25) is 9.59 Å². The predicted octanol–water partition coefficient (Wildman–Crippen LogP) is 1.57. The monoisotopic (exact) mass is 220 g/mol. The second-order valence-corrected chi connectivity index (χ2v) is 3.58. The minimum Gasteiger partial charge on any atom is -0.330 e. The van der Waals surface area contributed by atoms with Crippen LogP contribution in [0.5, 0.6) is 0 Å². The molecule has 3 N–H and O–H groups in total. The van der Waals surface area contributed by atoms with Gasteiger partial charge in [-0.2, -0.15) is 0 Å². The number of rotatable bonds is 5. The number of Topliss-reactive ketones (excluding diaryl/α,β-unsaturated/α-hetero) is 1. The molecule has 4 nitrogen and oxygen atoms in total. The molecule has 0 fully saturated rings. The summed E-state index contributed by atoms with van der Waals surface area (Å²) >= 11 is 0. The van der Waals surface area contributed by atoms with Gasteiger partial charge in [0.15, 0.2) is 5.78 Å². The molecule has 1 rings (SSSR count). The molecule has 0 bridgehead atoms. The Kier molecular flexibility index (Phi) is 4.66. The quantitative estimate of drug-likeness (QED) is 0.740. The molecular weight excluding hydrogens is 204 g/mol. The smallest absolute Gasteiger partial charge is 0.221 e. The minimum atomic E-state index is -0.147. The summed E-state index contributed by atoms with van der Waals surface area (Å²) in [6.07, 6.45) is 1.13. The van der Waals surface area contributed by atoms with Crippen molar-refractivity contribution in [3.63, 3.8) is 0 Å². The topological polar surface area (TPSA) is 72.2 Å². The van der Waals surface area contributed by atoms with Crippen LogP contribution in [0.25, 0.3) is 0 Å².